The highest BCUT2D eigenvalue weighted by atomic mass is 16.5. The van der Waals surface area contributed by atoms with Crippen molar-refractivity contribution < 1.29 is 14.3 Å². The molecule has 0 amide bonds. The van der Waals surface area contributed by atoms with E-state index in [4.69, 9.17) is 9.47 Å². The van der Waals surface area contributed by atoms with E-state index in [1.807, 2.05) is 70.2 Å². The molecule has 0 fully saturated rings. The van der Waals surface area contributed by atoms with Gasteiger partial charge in [0.1, 0.15) is 18.1 Å². The van der Waals surface area contributed by atoms with Crippen molar-refractivity contribution in [2.45, 2.75) is 60.6 Å². The lowest BCUT2D eigenvalue weighted by Crippen LogP contribution is -2.36. The highest BCUT2D eigenvalue weighted by Crippen LogP contribution is 2.29. The predicted octanol–water partition coefficient (Wildman–Crippen LogP) is 5.82. The number of rotatable bonds is 7. The van der Waals surface area contributed by atoms with Crippen molar-refractivity contribution in [2.24, 2.45) is 5.41 Å². The number of ether oxygens (including phenoxy) is 2. The summed E-state index contributed by atoms with van der Waals surface area (Å²) in [6.07, 6.45) is 2.12. The average molecular weight is 397 g/mol. The Kier molecular flexibility index (Phi) is 7.48. The van der Waals surface area contributed by atoms with Crippen LogP contribution < -0.4 is 10.1 Å². The maximum Gasteiger partial charge on any atom is 0.311 e. The second kappa shape index (κ2) is 9.45. The third-order valence-corrected chi connectivity index (χ3v) is 4.24. The quantitative estimate of drug-likeness (QED) is 0.599. The van der Waals surface area contributed by atoms with Crippen LogP contribution in [-0.4, -0.2) is 18.1 Å². The van der Waals surface area contributed by atoms with Crippen molar-refractivity contribution in [3.63, 3.8) is 0 Å². The fourth-order valence-corrected chi connectivity index (χ4v) is 2.58. The Morgan fingerprint density at radius 3 is 2.38 bits per heavy atom. The van der Waals surface area contributed by atoms with Crippen LogP contribution in [0.1, 0.15) is 58.2 Å². The van der Waals surface area contributed by atoms with Crippen LogP contribution in [0, 0.1) is 18.8 Å². The minimum atomic E-state index is -0.544. The Bertz CT molecular complexity index is 829. The molecule has 0 spiro atoms. The molecular weight excluding hydrogens is 362 g/mol. The van der Waals surface area contributed by atoms with E-state index in [1.54, 1.807) is 0 Å². The molecule has 4 nitrogen and oxygen atoms in total. The van der Waals surface area contributed by atoms with Crippen LogP contribution in [0.4, 0.5) is 0 Å². The molecule has 2 rings (SSSR count). The first-order valence-electron chi connectivity index (χ1n) is 10.1. The molecule has 4 heteroatoms. The molecule has 0 bridgehead atoms. The number of hydrogen-bond donors (Lipinski definition) is 1. The van der Waals surface area contributed by atoms with Crippen LogP contribution in [0.25, 0.3) is 0 Å². The number of esters is 1. The Morgan fingerprint density at radius 2 is 1.76 bits per heavy atom. The lowest BCUT2D eigenvalue weighted by molar-refractivity contribution is -0.154. The zero-order valence-electron chi connectivity index (χ0n) is 18.8. The van der Waals surface area contributed by atoms with Crippen molar-refractivity contribution in [1.29, 1.82) is 0 Å². The Labute approximate surface area is 175 Å². The molecular formula is C25H34NO3. The van der Waals surface area contributed by atoms with Crippen LogP contribution in [0.5, 0.6) is 11.5 Å². The summed E-state index contributed by atoms with van der Waals surface area (Å²) in [7, 11) is 0. The second-order valence-corrected chi connectivity index (χ2v) is 9.45. The summed E-state index contributed by atoms with van der Waals surface area (Å²) >= 11 is 0. The summed E-state index contributed by atoms with van der Waals surface area (Å²) in [4.78, 5) is 12.2. The maximum atomic E-state index is 12.2. The summed E-state index contributed by atoms with van der Waals surface area (Å²) in [6, 6.07) is 13.9. The minimum Gasteiger partial charge on any atom is -0.460 e. The first-order chi connectivity index (χ1) is 13.4. The van der Waals surface area contributed by atoms with Crippen molar-refractivity contribution in [1.82, 2.24) is 5.32 Å². The van der Waals surface area contributed by atoms with Crippen molar-refractivity contribution >= 4 is 5.97 Å². The lowest BCUT2D eigenvalue weighted by atomic mass is 9.97. The topological polar surface area (TPSA) is 47.6 Å². The van der Waals surface area contributed by atoms with Crippen LogP contribution in [-0.2, 0) is 16.1 Å². The van der Waals surface area contributed by atoms with Crippen LogP contribution in [0.15, 0.2) is 42.5 Å². The fraction of sp³-hybridized carbons (Fsp3) is 0.440. The van der Waals surface area contributed by atoms with Crippen LogP contribution >= 0.6 is 0 Å². The summed E-state index contributed by atoms with van der Waals surface area (Å²) in [6.45, 7) is 14.9. The van der Waals surface area contributed by atoms with Crippen molar-refractivity contribution in [2.75, 3.05) is 6.54 Å². The zero-order chi connectivity index (χ0) is 21.7. The SMILES string of the molecule is Cc1cccc(Oc2ccc([CH]CNC(C)(C)C)cc2COC(=O)C(C)(C)C)c1. The Balaban J connectivity index is 2.20. The number of carbonyl (C=O) groups is 1. The van der Waals surface area contributed by atoms with Gasteiger partial charge in [-0.15, -0.1) is 0 Å². The average Bonchev–Trinajstić information content (AvgIpc) is 2.59. The summed E-state index contributed by atoms with van der Waals surface area (Å²) in [5.41, 5.74) is 2.53. The van der Waals surface area contributed by atoms with E-state index in [-0.39, 0.29) is 18.1 Å². The van der Waals surface area contributed by atoms with Gasteiger partial charge in [-0.25, -0.2) is 0 Å². The van der Waals surface area contributed by atoms with E-state index in [2.05, 4.69) is 32.5 Å². The second-order valence-electron chi connectivity index (χ2n) is 9.45. The third kappa shape index (κ3) is 7.90. The molecule has 0 saturated carbocycles. The number of benzene rings is 2. The number of carbonyl (C=O) groups excluding carboxylic acids is 1. The molecule has 0 heterocycles. The predicted molar refractivity (Wildman–Crippen MR) is 118 cm³/mol. The largest absolute Gasteiger partial charge is 0.460 e. The molecule has 0 aromatic heterocycles. The van der Waals surface area contributed by atoms with Gasteiger partial charge in [0.2, 0.25) is 0 Å². The van der Waals surface area contributed by atoms with Gasteiger partial charge in [0, 0.05) is 24.1 Å². The molecule has 0 aliphatic carbocycles. The standard InChI is InChI=1S/C25H34NO3/c1-18-9-8-10-21(15-18)29-22-12-11-19(13-14-26-25(5,6)7)16-20(22)17-28-23(27)24(2,3)4/h8-13,15-16,26H,14,17H2,1-7H3. The Hall–Kier alpha value is -2.33. The summed E-state index contributed by atoms with van der Waals surface area (Å²) < 4.78 is 11.7. The monoisotopic (exact) mass is 396 g/mol. The summed E-state index contributed by atoms with van der Waals surface area (Å²) in [5, 5.41) is 3.45. The van der Waals surface area contributed by atoms with Gasteiger partial charge >= 0.3 is 5.97 Å². The van der Waals surface area contributed by atoms with Gasteiger partial charge in [-0.2, -0.15) is 0 Å². The molecule has 0 aliphatic rings. The van der Waals surface area contributed by atoms with Gasteiger partial charge in [0.05, 0.1) is 5.41 Å². The highest BCUT2D eigenvalue weighted by Gasteiger charge is 2.23. The highest BCUT2D eigenvalue weighted by molar-refractivity contribution is 5.75. The summed E-state index contributed by atoms with van der Waals surface area (Å²) in [5.74, 6) is 1.22. The molecule has 0 aliphatic heterocycles. The molecule has 2 aromatic rings. The first-order valence-corrected chi connectivity index (χ1v) is 10.1. The molecule has 29 heavy (non-hydrogen) atoms. The van der Waals surface area contributed by atoms with E-state index in [0.717, 1.165) is 29.0 Å². The van der Waals surface area contributed by atoms with Gasteiger partial charge in [0.25, 0.3) is 0 Å². The van der Waals surface area contributed by atoms with Gasteiger partial charge < -0.3 is 14.8 Å². The first kappa shape index (κ1) is 23.0. The molecule has 0 atom stereocenters. The van der Waals surface area contributed by atoms with E-state index in [1.165, 1.54) is 0 Å². The fourth-order valence-electron chi connectivity index (χ4n) is 2.58. The van der Waals surface area contributed by atoms with Gasteiger partial charge in [-0.1, -0.05) is 18.2 Å². The van der Waals surface area contributed by atoms with Gasteiger partial charge in [0.15, 0.2) is 0 Å². The molecule has 157 valence electrons. The van der Waals surface area contributed by atoms with Crippen LogP contribution in [0.3, 0.4) is 0 Å². The smallest absolute Gasteiger partial charge is 0.311 e. The van der Waals surface area contributed by atoms with Crippen molar-refractivity contribution in [3.05, 3.63) is 65.6 Å². The molecule has 1 N–H and O–H groups in total. The number of hydrogen-bond acceptors (Lipinski definition) is 4. The Morgan fingerprint density at radius 1 is 1.03 bits per heavy atom. The van der Waals surface area contributed by atoms with Gasteiger partial charge in [-0.05, 0) is 83.9 Å². The molecule has 0 saturated heterocycles. The van der Waals surface area contributed by atoms with E-state index >= 15 is 0 Å². The zero-order valence-corrected chi connectivity index (χ0v) is 18.8. The van der Waals surface area contributed by atoms with Crippen LogP contribution in [0.2, 0.25) is 0 Å². The molecule has 2 aromatic carbocycles. The number of nitrogens with one attached hydrogen (secondary N) is 1. The normalized spacial score (nSPS) is 12.0. The lowest BCUT2D eigenvalue weighted by Gasteiger charge is -2.21. The molecule has 0 unspecified atom stereocenters. The van der Waals surface area contributed by atoms with Crippen molar-refractivity contribution in [3.8, 4) is 11.5 Å². The van der Waals surface area contributed by atoms with Gasteiger partial charge in [-0.3, -0.25) is 4.79 Å². The van der Waals surface area contributed by atoms with E-state index < -0.39 is 5.41 Å². The third-order valence-electron chi connectivity index (χ3n) is 4.24. The minimum absolute atomic E-state index is 0.0514. The number of aryl methyl sites for hydroxylation is 1. The molecule has 1 radical (unpaired) electrons. The van der Waals surface area contributed by atoms with E-state index in [0.29, 0.717) is 5.75 Å². The maximum absolute atomic E-state index is 12.2. The van der Waals surface area contributed by atoms with E-state index in [9.17, 15) is 4.79 Å².